The molecule has 0 saturated carbocycles. The smallest absolute Gasteiger partial charge is 0.220 e. The minimum absolute atomic E-state index is 0.0166. The second kappa shape index (κ2) is 10.5. The van der Waals surface area contributed by atoms with E-state index in [2.05, 4.69) is 10.6 Å². The lowest BCUT2D eigenvalue weighted by Gasteiger charge is -2.29. The van der Waals surface area contributed by atoms with E-state index < -0.39 is 0 Å². The molecule has 0 bridgehead atoms. The van der Waals surface area contributed by atoms with Crippen molar-refractivity contribution in [2.24, 2.45) is 0 Å². The fourth-order valence-electron chi connectivity index (χ4n) is 4.00. The van der Waals surface area contributed by atoms with Crippen molar-refractivity contribution in [1.29, 1.82) is 0 Å². The fraction of sp³-hybridized carbons (Fsp3) is 0.417. The molecule has 2 aromatic rings. The topological polar surface area (TPSA) is 76.7 Å². The fourth-order valence-corrected chi connectivity index (χ4v) is 4.12. The molecule has 1 unspecified atom stereocenters. The molecule has 0 radical (unpaired) electrons. The Labute approximate surface area is 188 Å². The third-order valence-electron chi connectivity index (χ3n) is 5.71. The zero-order chi connectivity index (χ0) is 22.3. The summed E-state index contributed by atoms with van der Waals surface area (Å²) in [4.78, 5) is 24.4. The Morgan fingerprint density at radius 1 is 1.10 bits per heavy atom. The van der Waals surface area contributed by atoms with Gasteiger partial charge in [-0.05, 0) is 61.1 Å². The van der Waals surface area contributed by atoms with Gasteiger partial charge in [-0.1, -0.05) is 29.8 Å². The third kappa shape index (κ3) is 6.37. The molecule has 1 heterocycles. The van der Waals surface area contributed by atoms with Crippen molar-refractivity contribution >= 4 is 23.4 Å². The molecule has 31 heavy (non-hydrogen) atoms. The first-order valence-electron chi connectivity index (χ1n) is 10.5. The molecule has 7 heteroatoms. The SMILES string of the molecule is COc1ccc(CCNC(=O)CCC2(Cc3ccc(Cl)cc3)CCC(=O)N2)cc1OC. The first-order chi connectivity index (χ1) is 14.9. The van der Waals surface area contributed by atoms with Crippen LogP contribution in [0.2, 0.25) is 5.02 Å². The summed E-state index contributed by atoms with van der Waals surface area (Å²) >= 11 is 5.98. The summed E-state index contributed by atoms with van der Waals surface area (Å²) in [5.41, 5.74) is 1.77. The minimum Gasteiger partial charge on any atom is -0.493 e. The van der Waals surface area contributed by atoms with E-state index >= 15 is 0 Å². The van der Waals surface area contributed by atoms with Crippen molar-refractivity contribution in [1.82, 2.24) is 10.6 Å². The highest BCUT2D eigenvalue weighted by molar-refractivity contribution is 6.30. The maximum atomic E-state index is 12.4. The van der Waals surface area contributed by atoms with Gasteiger partial charge in [0.15, 0.2) is 11.5 Å². The number of halogens is 1. The number of carbonyl (C=O) groups is 2. The quantitative estimate of drug-likeness (QED) is 0.586. The average molecular weight is 445 g/mol. The summed E-state index contributed by atoms with van der Waals surface area (Å²) in [7, 11) is 3.20. The van der Waals surface area contributed by atoms with Crippen molar-refractivity contribution in [2.75, 3.05) is 20.8 Å². The highest BCUT2D eigenvalue weighted by Gasteiger charge is 2.37. The van der Waals surface area contributed by atoms with E-state index in [0.29, 0.717) is 55.2 Å². The Kier molecular flexibility index (Phi) is 7.80. The van der Waals surface area contributed by atoms with Gasteiger partial charge in [0.25, 0.3) is 0 Å². The molecule has 0 spiro atoms. The lowest BCUT2D eigenvalue weighted by Crippen LogP contribution is -2.44. The number of benzene rings is 2. The van der Waals surface area contributed by atoms with Crippen molar-refractivity contribution < 1.29 is 19.1 Å². The lowest BCUT2D eigenvalue weighted by molar-refractivity contribution is -0.122. The van der Waals surface area contributed by atoms with E-state index in [1.807, 2.05) is 42.5 Å². The highest BCUT2D eigenvalue weighted by Crippen LogP contribution is 2.30. The number of hydrogen-bond donors (Lipinski definition) is 2. The molecule has 1 atom stereocenters. The van der Waals surface area contributed by atoms with E-state index in [1.165, 1.54) is 0 Å². The van der Waals surface area contributed by atoms with E-state index in [0.717, 1.165) is 17.5 Å². The number of carbonyl (C=O) groups excluding carboxylic acids is 2. The Bertz CT molecular complexity index is 916. The molecule has 2 N–H and O–H groups in total. The Morgan fingerprint density at radius 3 is 2.45 bits per heavy atom. The molecule has 1 aliphatic rings. The van der Waals surface area contributed by atoms with Gasteiger partial charge in [-0.25, -0.2) is 0 Å². The molecular weight excluding hydrogens is 416 g/mol. The number of methoxy groups -OCH3 is 2. The normalized spacial score (nSPS) is 17.8. The van der Waals surface area contributed by atoms with Gasteiger partial charge in [-0.15, -0.1) is 0 Å². The summed E-state index contributed by atoms with van der Waals surface area (Å²) in [6, 6.07) is 13.4. The zero-order valence-corrected chi connectivity index (χ0v) is 18.8. The van der Waals surface area contributed by atoms with Gasteiger partial charge in [0.1, 0.15) is 0 Å². The number of amides is 2. The van der Waals surface area contributed by atoms with Gasteiger partial charge >= 0.3 is 0 Å². The molecule has 1 aliphatic heterocycles. The molecule has 2 aromatic carbocycles. The van der Waals surface area contributed by atoms with Crippen LogP contribution in [0.25, 0.3) is 0 Å². The molecular formula is C24H29ClN2O4. The Balaban J connectivity index is 1.51. The van der Waals surface area contributed by atoms with Crippen molar-refractivity contribution in [3.8, 4) is 11.5 Å². The number of ether oxygens (including phenoxy) is 2. The predicted octanol–water partition coefficient (Wildman–Crippen LogP) is 3.69. The first-order valence-corrected chi connectivity index (χ1v) is 10.8. The molecule has 1 fully saturated rings. The van der Waals surface area contributed by atoms with Crippen LogP contribution in [0.3, 0.4) is 0 Å². The largest absolute Gasteiger partial charge is 0.493 e. The van der Waals surface area contributed by atoms with E-state index in [1.54, 1.807) is 14.2 Å². The van der Waals surface area contributed by atoms with Crippen LogP contribution >= 0.6 is 11.6 Å². The van der Waals surface area contributed by atoms with E-state index in [4.69, 9.17) is 21.1 Å². The van der Waals surface area contributed by atoms with Gasteiger partial charge in [-0.2, -0.15) is 0 Å². The molecule has 2 amide bonds. The van der Waals surface area contributed by atoms with Crippen LogP contribution < -0.4 is 20.1 Å². The Hall–Kier alpha value is -2.73. The molecule has 166 valence electrons. The van der Waals surface area contributed by atoms with Crippen LogP contribution in [-0.4, -0.2) is 38.1 Å². The number of rotatable bonds is 10. The standard InChI is InChI=1S/C24H29ClN2O4/c1-30-20-8-5-17(15-21(20)31-2)11-14-26-22(28)9-12-24(13-10-23(29)27-24)16-18-3-6-19(25)7-4-18/h3-8,15H,9-14,16H2,1-2H3,(H,26,28)(H,27,29). The van der Waals surface area contributed by atoms with Crippen LogP contribution in [0.4, 0.5) is 0 Å². The average Bonchev–Trinajstić information content (AvgIpc) is 3.14. The third-order valence-corrected chi connectivity index (χ3v) is 5.96. The number of nitrogens with one attached hydrogen (secondary N) is 2. The maximum Gasteiger partial charge on any atom is 0.220 e. The Morgan fingerprint density at radius 2 is 1.81 bits per heavy atom. The first kappa shape index (κ1) is 22.9. The molecule has 0 aliphatic carbocycles. The van der Waals surface area contributed by atoms with Crippen LogP contribution in [0.15, 0.2) is 42.5 Å². The van der Waals surface area contributed by atoms with Gasteiger partial charge in [0.05, 0.1) is 14.2 Å². The van der Waals surface area contributed by atoms with Crippen LogP contribution in [0, 0.1) is 0 Å². The van der Waals surface area contributed by atoms with Crippen molar-refractivity contribution in [3.63, 3.8) is 0 Å². The molecule has 0 aromatic heterocycles. The van der Waals surface area contributed by atoms with Crippen LogP contribution in [-0.2, 0) is 22.4 Å². The monoisotopic (exact) mass is 444 g/mol. The summed E-state index contributed by atoms with van der Waals surface area (Å²) < 4.78 is 10.6. The molecule has 6 nitrogen and oxygen atoms in total. The second-order valence-electron chi connectivity index (χ2n) is 7.92. The summed E-state index contributed by atoms with van der Waals surface area (Å²) in [6.07, 6.45) is 3.57. The van der Waals surface area contributed by atoms with Gasteiger partial charge in [-0.3, -0.25) is 9.59 Å². The van der Waals surface area contributed by atoms with Crippen LogP contribution in [0.5, 0.6) is 11.5 Å². The number of hydrogen-bond acceptors (Lipinski definition) is 4. The van der Waals surface area contributed by atoms with E-state index in [-0.39, 0.29) is 17.4 Å². The van der Waals surface area contributed by atoms with Gasteiger partial charge in [0, 0.05) is 29.9 Å². The summed E-state index contributed by atoms with van der Waals surface area (Å²) in [5.74, 6) is 1.38. The van der Waals surface area contributed by atoms with Gasteiger partial charge < -0.3 is 20.1 Å². The van der Waals surface area contributed by atoms with Crippen LogP contribution in [0.1, 0.15) is 36.8 Å². The predicted molar refractivity (Wildman–Crippen MR) is 121 cm³/mol. The molecule has 3 rings (SSSR count). The molecule has 1 saturated heterocycles. The summed E-state index contributed by atoms with van der Waals surface area (Å²) in [6.45, 7) is 0.533. The minimum atomic E-state index is -0.383. The second-order valence-corrected chi connectivity index (χ2v) is 8.36. The maximum absolute atomic E-state index is 12.4. The lowest BCUT2D eigenvalue weighted by atomic mass is 9.85. The summed E-state index contributed by atoms with van der Waals surface area (Å²) in [5, 5.41) is 6.78. The van der Waals surface area contributed by atoms with Crippen molar-refractivity contribution in [2.45, 2.75) is 44.1 Å². The van der Waals surface area contributed by atoms with Gasteiger partial charge in [0.2, 0.25) is 11.8 Å². The van der Waals surface area contributed by atoms with Crippen molar-refractivity contribution in [3.05, 3.63) is 58.6 Å². The zero-order valence-electron chi connectivity index (χ0n) is 18.0. The highest BCUT2D eigenvalue weighted by atomic mass is 35.5. The van der Waals surface area contributed by atoms with E-state index in [9.17, 15) is 9.59 Å².